The first kappa shape index (κ1) is 16.8. The van der Waals surface area contributed by atoms with Crippen LogP contribution in [0.25, 0.3) is 0 Å². The van der Waals surface area contributed by atoms with Gasteiger partial charge in [0.25, 0.3) is 5.91 Å². The number of nitrogens with zero attached hydrogens (tertiary/aromatic N) is 4. The van der Waals surface area contributed by atoms with E-state index in [1.807, 2.05) is 16.8 Å². The zero-order valence-corrected chi connectivity index (χ0v) is 14.3. The number of hydrogen-bond acceptors (Lipinski definition) is 4. The smallest absolute Gasteiger partial charge is 0.354 e. The molecule has 2 aromatic heterocycles. The predicted molar refractivity (Wildman–Crippen MR) is 90.1 cm³/mol. The normalized spacial score (nSPS) is 15.0. The third kappa shape index (κ3) is 3.15. The SMILES string of the molecule is COC(=O)c1cccn1C1CCN(C(=O)c2cc(C#N)cn2C)CC1. The molecule has 1 amide bonds. The van der Waals surface area contributed by atoms with E-state index in [1.165, 1.54) is 7.11 Å². The molecule has 130 valence electrons. The number of carbonyl (C=O) groups is 2. The first-order chi connectivity index (χ1) is 12.0. The molecule has 1 aliphatic heterocycles. The third-order valence-corrected chi connectivity index (χ3v) is 4.67. The molecule has 7 nitrogen and oxygen atoms in total. The van der Waals surface area contributed by atoms with Crippen LogP contribution >= 0.6 is 0 Å². The van der Waals surface area contributed by atoms with Gasteiger partial charge in [-0.25, -0.2) is 4.79 Å². The number of hydrogen-bond donors (Lipinski definition) is 0. The van der Waals surface area contributed by atoms with Gasteiger partial charge in [0.15, 0.2) is 0 Å². The molecule has 3 heterocycles. The Balaban J connectivity index is 1.69. The Labute approximate surface area is 146 Å². The Hall–Kier alpha value is -3.01. The molecular weight excluding hydrogens is 320 g/mol. The number of esters is 1. The zero-order valence-electron chi connectivity index (χ0n) is 14.3. The van der Waals surface area contributed by atoms with Gasteiger partial charge in [0.2, 0.25) is 0 Å². The standard InChI is InChI=1S/C18H20N4O3/c1-20-12-13(11-19)10-16(20)17(23)21-8-5-14(6-9-21)22-7-3-4-15(22)18(24)25-2/h3-4,7,10,12,14H,5-6,8-9H2,1-2H3. The number of aromatic nitrogens is 2. The molecule has 0 radical (unpaired) electrons. The second kappa shape index (κ2) is 6.85. The van der Waals surface area contributed by atoms with Gasteiger partial charge in [-0.2, -0.15) is 5.26 Å². The maximum atomic E-state index is 12.7. The Morgan fingerprint density at radius 3 is 2.60 bits per heavy atom. The molecule has 0 atom stereocenters. The van der Waals surface area contributed by atoms with Crippen molar-refractivity contribution >= 4 is 11.9 Å². The summed E-state index contributed by atoms with van der Waals surface area (Å²) in [5.41, 5.74) is 1.54. The van der Waals surface area contributed by atoms with Crippen molar-refractivity contribution in [3.05, 3.63) is 47.5 Å². The number of piperidine rings is 1. The Morgan fingerprint density at radius 2 is 2.00 bits per heavy atom. The van der Waals surface area contributed by atoms with E-state index in [9.17, 15) is 9.59 Å². The fourth-order valence-corrected chi connectivity index (χ4v) is 3.34. The summed E-state index contributed by atoms with van der Waals surface area (Å²) < 4.78 is 8.44. The number of nitriles is 1. The average Bonchev–Trinajstić information content (AvgIpc) is 3.27. The fraction of sp³-hybridized carbons (Fsp3) is 0.389. The lowest BCUT2D eigenvalue weighted by molar-refractivity contribution is 0.0572. The van der Waals surface area contributed by atoms with Crippen LogP contribution in [0.5, 0.6) is 0 Å². The van der Waals surface area contributed by atoms with Crippen LogP contribution in [0.15, 0.2) is 30.6 Å². The summed E-state index contributed by atoms with van der Waals surface area (Å²) in [6.07, 6.45) is 5.06. The molecule has 0 spiro atoms. The number of likely N-dealkylation sites (tertiary alicyclic amines) is 1. The summed E-state index contributed by atoms with van der Waals surface area (Å²) in [7, 11) is 3.14. The van der Waals surface area contributed by atoms with Crippen molar-refractivity contribution < 1.29 is 14.3 Å². The summed E-state index contributed by atoms with van der Waals surface area (Å²) in [4.78, 5) is 26.3. The predicted octanol–water partition coefficient (Wildman–Crippen LogP) is 1.96. The lowest BCUT2D eigenvalue weighted by atomic mass is 10.0. The van der Waals surface area contributed by atoms with Gasteiger partial charge in [-0.15, -0.1) is 0 Å². The summed E-state index contributed by atoms with van der Waals surface area (Å²) in [6.45, 7) is 1.21. The van der Waals surface area contributed by atoms with E-state index in [-0.39, 0.29) is 17.9 Å². The van der Waals surface area contributed by atoms with Gasteiger partial charge in [-0.1, -0.05) is 0 Å². The van der Waals surface area contributed by atoms with Crippen molar-refractivity contribution in [2.45, 2.75) is 18.9 Å². The van der Waals surface area contributed by atoms with Crippen molar-refractivity contribution in [3.63, 3.8) is 0 Å². The van der Waals surface area contributed by atoms with Crippen molar-refractivity contribution in [1.29, 1.82) is 5.26 Å². The minimum Gasteiger partial charge on any atom is -0.464 e. The highest BCUT2D eigenvalue weighted by molar-refractivity contribution is 5.93. The van der Waals surface area contributed by atoms with Crippen molar-refractivity contribution in [1.82, 2.24) is 14.0 Å². The van der Waals surface area contributed by atoms with Gasteiger partial charge in [-0.05, 0) is 31.0 Å². The van der Waals surface area contributed by atoms with Gasteiger partial charge >= 0.3 is 5.97 Å². The molecule has 1 fully saturated rings. The van der Waals surface area contributed by atoms with Crippen molar-refractivity contribution in [2.75, 3.05) is 20.2 Å². The van der Waals surface area contributed by atoms with Crippen molar-refractivity contribution in [2.24, 2.45) is 7.05 Å². The highest BCUT2D eigenvalue weighted by Crippen LogP contribution is 2.26. The van der Waals surface area contributed by atoms with Gasteiger partial charge in [0.1, 0.15) is 17.5 Å². The summed E-state index contributed by atoms with van der Waals surface area (Å²) in [5, 5.41) is 8.97. The number of ether oxygens (including phenoxy) is 1. The number of carbonyl (C=O) groups excluding carboxylic acids is 2. The van der Waals surface area contributed by atoms with Gasteiger partial charge in [0, 0.05) is 38.6 Å². The molecular formula is C18H20N4O3. The van der Waals surface area contributed by atoms with Crippen LogP contribution in [0.3, 0.4) is 0 Å². The molecule has 2 aromatic rings. The highest BCUT2D eigenvalue weighted by Gasteiger charge is 2.27. The molecule has 0 aromatic carbocycles. The maximum absolute atomic E-state index is 12.7. The molecule has 0 N–H and O–H groups in total. The van der Waals surface area contributed by atoms with Crippen LogP contribution < -0.4 is 0 Å². The minimum absolute atomic E-state index is 0.0665. The monoisotopic (exact) mass is 340 g/mol. The van der Waals surface area contributed by atoms with E-state index in [1.54, 1.807) is 34.8 Å². The quantitative estimate of drug-likeness (QED) is 0.800. The number of amides is 1. The molecule has 7 heteroatoms. The third-order valence-electron chi connectivity index (χ3n) is 4.67. The number of rotatable bonds is 3. The van der Waals surface area contributed by atoms with Gasteiger partial charge < -0.3 is 18.8 Å². The van der Waals surface area contributed by atoms with Crippen LogP contribution in [-0.2, 0) is 11.8 Å². The first-order valence-electron chi connectivity index (χ1n) is 8.16. The van der Waals surface area contributed by atoms with E-state index in [0.717, 1.165) is 12.8 Å². The largest absolute Gasteiger partial charge is 0.464 e. The number of aryl methyl sites for hydroxylation is 1. The summed E-state index contributed by atoms with van der Waals surface area (Å²) in [6, 6.07) is 7.42. The average molecular weight is 340 g/mol. The van der Waals surface area contributed by atoms with Gasteiger partial charge in [-0.3, -0.25) is 4.79 Å². The second-order valence-electron chi connectivity index (χ2n) is 6.15. The molecule has 1 saturated heterocycles. The summed E-state index contributed by atoms with van der Waals surface area (Å²) >= 11 is 0. The lowest BCUT2D eigenvalue weighted by Gasteiger charge is -2.33. The first-order valence-corrected chi connectivity index (χ1v) is 8.16. The topological polar surface area (TPSA) is 80.3 Å². The van der Waals surface area contributed by atoms with Gasteiger partial charge in [0.05, 0.1) is 12.7 Å². The summed E-state index contributed by atoms with van der Waals surface area (Å²) in [5.74, 6) is -0.417. The van der Waals surface area contributed by atoms with Crippen LogP contribution in [0, 0.1) is 11.3 Å². The lowest BCUT2D eigenvalue weighted by Crippen LogP contribution is -2.40. The van der Waals surface area contributed by atoms with Crippen LogP contribution in [-0.4, -0.2) is 46.1 Å². The van der Waals surface area contributed by atoms with Crippen LogP contribution in [0.2, 0.25) is 0 Å². The molecule has 0 saturated carbocycles. The van der Waals surface area contributed by atoms with Crippen molar-refractivity contribution in [3.8, 4) is 6.07 Å². The van der Waals surface area contributed by atoms with Crippen LogP contribution in [0.1, 0.15) is 45.4 Å². The van der Waals surface area contributed by atoms with Crippen LogP contribution in [0.4, 0.5) is 0 Å². The van der Waals surface area contributed by atoms with E-state index in [2.05, 4.69) is 6.07 Å². The Morgan fingerprint density at radius 1 is 1.28 bits per heavy atom. The second-order valence-corrected chi connectivity index (χ2v) is 6.15. The Kier molecular flexibility index (Phi) is 4.61. The van der Waals surface area contributed by atoms with E-state index >= 15 is 0 Å². The van der Waals surface area contributed by atoms with E-state index in [0.29, 0.717) is 30.0 Å². The molecule has 3 rings (SSSR count). The molecule has 1 aliphatic rings. The molecule has 0 bridgehead atoms. The van der Waals surface area contributed by atoms with E-state index in [4.69, 9.17) is 10.00 Å². The fourth-order valence-electron chi connectivity index (χ4n) is 3.34. The Bertz CT molecular complexity index is 835. The van der Waals surface area contributed by atoms with E-state index < -0.39 is 0 Å². The maximum Gasteiger partial charge on any atom is 0.354 e. The molecule has 0 unspecified atom stereocenters. The number of methoxy groups -OCH3 is 1. The molecule has 0 aliphatic carbocycles. The minimum atomic E-state index is -0.351. The highest BCUT2D eigenvalue weighted by atomic mass is 16.5. The molecule has 25 heavy (non-hydrogen) atoms. The zero-order chi connectivity index (χ0) is 18.0.